The number of thiophene rings is 1. The standard InChI is InChI=1S/C18H17N3OS/c1-12-20-17-16(14-9-5-6-10-15(14)23-17)18(22)21(12)19-11-13-7-3-2-4-8-13/h2-4,7-8,11H,5-6,9-10H2,1H3/b19-11-. The van der Waals surface area contributed by atoms with E-state index in [1.165, 1.54) is 21.5 Å². The lowest BCUT2D eigenvalue weighted by atomic mass is 9.97. The topological polar surface area (TPSA) is 47.2 Å². The van der Waals surface area contributed by atoms with Crippen LogP contribution in [0.15, 0.2) is 40.2 Å². The van der Waals surface area contributed by atoms with Crippen molar-refractivity contribution in [1.29, 1.82) is 0 Å². The molecule has 0 atom stereocenters. The average molecular weight is 323 g/mol. The summed E-state index contributed by atoms with van der Waals surface area (Å²) < 4.78 is 1.43. The van der Waals surface area contributed by atoms with Gasteiger partial charge >= 0.3 is 0 Å². The summed E-state index contributed by atoms with van der Waals surface area (Å²) in [6, 6.07) is 9.78. The van der Waals surface area contributed by atoms with Crippen molar-refractivity contribution in [1.82, 2.24) is 9.66 Å². The molecule has 1 aliphatic carbocycles. The quantitative estimate of drug-likeness (QED) is 0.677. The van der Waals surface area contributed by atoms with Crippen molar-refractivity contribution in [3.63, 3.8) is 0 Å². The van der Waals surface area contributed by atoms with E-state index in [1.54, 1.807) is 17.6 Å². The maximum absolute atomic E-state index is 12.9. The fourth-order valence-corrected chi connectivity index (χ4v) is 4.39. The molecule has 0 unspecified atom stereocenters. The molecule has 2 heterocycles. The Morgan fingerprint density at radius 3 is 2.83 bits per heavy atom. The highest BCUT2D eigenvalue weighted by Crippen LogP contribution is 2.33. The summed E-state index contributed by atoms with van der Waals surface area (Å²) >= 11 is 1.67. The molecule has 0 radical (unpaired) electrons. The summed E-state index contributed by atoms with van der Waals surface area (Å²) in [7, 11) is 0. The van der Waals surface area contributed by atoms with Crippen molar-refractivity contribution in [2.45, 2.75) is 32.6 Å². The molecule has 3 aromatic rings. The zero-order valence-electron chi connectivity index (χ0n) is 13.0. The first kappa shape index (κ1) is 14.3. The zero-order valence-corrected chi connectivity index (χ0v) is 13.8. The molecular formula is C18H17N3OS. The molecule has 23 heavy (non-hydrogen) atoms. The fourth-order valence-electron chi connectivity index (χ4n) is 3.10. The van der Waals surface area contributed by atoms with Crippen molar-refractivity contribution in [2.24, 2.45) is 5.10 Å². The molecular weight excluding hydrogens is 306 g/mol. The first-order chi connectivity index (χ1) is 11.2. The van der Waals surface area contributed by atoms with Crippen molar-refractivity contribution in [3.05, 3.63) is 62.5 Å². The lowest BCUT2D eigenvalue weighted by Gasteiger charge is -2.10. The molecule has 0 N–H and O–H groups in total. The van der Waals surface area contributed by atoms with Gasteiger partial charge in [0, 0.05) is 4.88 Å². The van der Waals surface area contributed by atoms with Crippen molar-refractivity contribution in [3.8, 4) is 0 Å². The Kier molecular flexibility index (Phi) is 3.58. The third kappa shape index (κ3) is 2.51. The molecule has 1 aliphatic rings. The van der Waals surface area contributed by atoms with E-state index in [9.17, 15) is 4.79 Å². The van der Waals surface area contributed by atoms with E-state index in [2.05, 4.69) is 10.1 Å². The predicted octanol–water partition coefficient (Wildman–Crippen LogP) is 3.53. The number of aromatic nitrogens is 2. The van der Waals surface area contributed by atoms with E-state index in [1.807, 2.05) is 37.3 Å². The Bertz CT molecular complexity index is 954. The minimum absolute atomic E-state index is 0.0425. The molecule has 4 rings (SSSR count). The number of benzene rings is 1. The molecule has 5 heteroatoms. The van der Waals surface area contributed by atoms with Gasteiger partial charge in [-0.05, 0) is 43.7 Å². The molecule has 0 saturated carbocycles. The Morgan fingerprint density at radius 1 is 1.22 bits per heavy atom. The minimum Gasteiger partial charge on any atom is -0.267 e. The monoisotopic (exact) mass is 323 g/mol. The average Bonchev–Trinajstić information content (AvgIpc) is 2.93. The Balaban J connectivity index is 1.87. The van der Waals surface area contributed by atoms with E-state index in [-0.39, 0.29) is 5.56 Å². The van der Waals surface area contributed by atoms with Gasteiger partial charge in [0.05, 0.1) is 11.6 Å². The maximum Gasteiger partial charge on any atom is 0.283 e. The molecule has 0 aliphatic heterocycles. The summed E-state index contributed by atoms with van der Waals surface area (Å²) in [6.45, 7) is 1.84. The number of rotatable bonds is 2. The Labute approximate surface area is 138 Å². The lowest BCUT2D eigenvalue weighted by Crippen LogP contribution is -2.21. The van der Waals surface area contributed by atoms with Crippen LogP contribution in [-0.4, -0.2) is 15.9 Å². The normalized spacial score (nSPS) is 14.5. The second-order valence-electron chi connectivity index (χ2n) is 5.82. The van der Waals surface area contributed by atoms with E-state index < -0.39 is 0 Å². The van der Waals surface area contributed by atoms with Gasteiger partial charge < -0.3 is 0 Å². The van der Waals surface area contributed by atoms with Crippen LogP contribution < -0.4 is 5.56 Å². The highest BCUT2D eigenvalue weighted by atomic mass is 32.1. The van der Waals surface area contributed by atoms with Gasteiger partial charge in [0.1, 0.15) is 10.7 Å². The smallest absolute Gasteiger partial charge is 0.267 e. The fraction of sp³-hybridized carbons (Fsp3) is 0.278. The van der Waals surface area contributed by atoms with Crippen molar-refractivity contribution >= 4 is 27.8 Å². The second kappa shape index (κ2) is 5.74. The van der Waals surface area contributed by atoms with Gasteiger partial charge in [0.15, 0.2) is 0 Å². The van der Waals surface area contributed by atoms with Crippen LogP contribution in [0.5, 0.6) is 0 Å². The summed E-state index contributed by atoms with van der Waals surface area (Å²) in [5.74, 6) is 0.633. The SMILES string of the molecule is Cc1nc2sc3c(c2c(=O)n1/N=C\c1ccccc1)CCCC3. The van der Waals surface area contributed by atoms with Gasteiger partial charge in [-0.1, -0.05) is 30.3 Å². The minimum atomic E-state index is -0.0425. The van der Waals surface area contributed by atoms with Crippen molar-refractivity contribution in [2.75, 3.05) is 0 Å². The van der Waals surface area contributed by atoms with Crippen LogP contribution in [0.25, 0.3) is 10.2 Å². The molecule has 116 valence electrons. The molecule has 0 fully saturated rings. The number of hydrogen-bond donors (Lipinski definition) is 0. The summed E-state index contributed by atoms with van der Waals surface area (Å²) in [5.41, 5.74) is 2.13. The van der Waals surface area contributed by atoms with Crippen LogP contribution >= 0.6 is 11.3 Å². The van der Waals surface area contributed by atoms with Crippen LogP contribution in [0.4, 0.5) is 0 Å². The van der Waals surface area contributed by atoms with Gasteiger partial charge in [-0.15, -0.1) is 11.3 Å². The number of aryl methyl sites for hydroxylation is 3. The molecule has 4 nitrogen and oxygen atoms in total. The summed E-state index contributed by atoms with van der Waals surface area (Å²) in [4.78, 5) is 19.7. The summed E-state index contributed by atoms with van der Waals surface area (Å²) in [5, 5.41) is 5.15. The Hall–Kier alpha value is -2.27. The third-order valence-corrected chi connectivity index (χ3v) is 5.44. The van der Waals surface area contributed by atoms with Gasteiger partial charge in [0.25, 0.3) is 5.56 Å². The van der Waals surface area contributed by atoms with Crippen LogP contribution in [0.2, 0.25) is 0 Å². The zero-order chi connectivity index (χ0) is 15.8. The first-order valence-electron chi connectivity index (χ1n) is 7.87. The summed E-state index contributed by atoms with van der Waals surface area (Å²) in [6.07, 6.45) is 6.12. The van der Waals surface area contributed by atoms with Gasteiger partial charge in [-0.3, -0.25) is 4.79 Å². The molecule has 0 amide bonds. The van der Waals surface area contributed by atoms with E-state index in [0.717, 1.165) is 35.0 Å². The van der Waals surface area contributed by atoms with Gasteiger partial charge in [-0.25, -0.2) is 4.98 Å². The molecule has 0 bridgehead atoms. The molecule has 2 aromatic heterocycles. The van der Waals surface area contributed by atoms with E-state index >= 15 is 0 Å². The second-order valence-corrected chi connectivity index (χ2v) is 6.91. The number of fused-ring (bicyclic) bond motifs is 3. The Morgan fingerprint density at radius 2 is 2.00 bits per heavy atom. The predicted molar refractivity (Wildman–Crippen MR) is 94.7 cm³/mol. The molecule has 0 saturated heterocycles. The largest absolute Gasteiger partial charge is 0.283 e. The van der Waals surface area contributed by atoms with Crippen LogP contribution in [0, 0.1) is 6.92 Å². The van der Waals surface area contributed by atoms with Crippen LogP contribution in [-0.2, 0) is 12.8 Å². The third-order valence-electron chi connectivity index (χ3n) is 4.25. The number of hydrogen-bond acceptors (Lipinski definition) is 4. The number of nitrogens with zero attached hydrogens (tertiary/aromatic N) is 3. The van der Waals surface area contributed by atoms with Crippen LogP contribution in [0.3, 0.4) is 0 Å². The van der Waals surface area contributed by atoms with E-state index in [0.29, 0.717) is 5.82 Å². The van der Waals surface area contributed by atoms with Gasteiger partial charge in [-0.2, -0.15) is 9.78 Å². The maximum atomic E-state index is 12.9. The molecule has 0 spiro atoms. The molecule has 1 aromatic carbocycles. The van der Waals surface area contributed by atoms with E-state index in [4.69, 9.17) is 0 Å². The lowest BCUT2D eigenvalue weighted by molar-refractivity contribution is 0.698. The van der Waals surface area contributed by atoms with Crippen LogP contribution in [0.1, 0.15) is 34.7 Å². The highest BCUT2D eigenvalue weighted by Gasteiger charge is 2.20. The van der Waals surface area contributed by atoms with Crippen molar-refractivity contribution < 1.29 is 0 Å². The highest BCUT2D eigenvalue weighted by molar-refractivity contribution is 7.18. The van der Waals surface area contributed by atoms with Gasteiger partial charge in [0.2, 0.25) is 0 Å². The first-order valence-corrected chi connectivity index (χ1v) is 8.69.